The highest BCUT2D eigenvalue weighted by Crippen LogP contribution is 2.27. The highest BCUT2D eigenvalue weighted by Gasteiger charge is 2.28. The van der Waals surface area contributed by atoms with E-state index in [0.717, 1.165) is 5.56 Å². The number of amides is 1. The van der Waals surface area contributed by atoms with Crippen LogP contribution in [0.1, 0.15) is 12.5 Å². The number of hydrogen-bond acceptors (Lipinski definition) is 5. The Kier molecular flexibility index (Phi) is 4.30. The van der Waals surface area contributed by atoms with Crippen molar-refractivity contribution in [2.45, 2.75) is 6.92 Å². The van der Waals surface area contributed by atoms with Gasteiger partial charge in [0.15, 0.2) is 0 Å². The molecule has 0 spiro atoms. The number of nitrogens with zero attached hydrogens (tertiary/aromatic N) is 3. The number of nitro groups is 1. The summed E-state index contributed by atoms with van der Waals surface area (Å²) in [5.41, 5.74) is 2.30. The molecule has 0 fully saturated rings. The number of non-ortho nitro benzene ring substituents is 1. The molecule has 0 saturated heterocycles. The first kappa shape index (κ1) is 16.4. The minimum atomic E-state index is -0.488. The molecule has 0 unspecified atom stereocenters. The fourth-order valence-electron chi connectivity index (χ4n) is 2.47. The lowest BCUT2D eigenvalue weighted by atomic mass is 10.1. The van der Waals surface area contributed by atoms with E-state index in [2.05, 4.69) is 5.10 Å². The largest absolute Gasteiger partial charge is 0.497 e. The molecule has 0 N–H and O–H groups in total. The van der Waals surface area contributed by atoms with Crippen molar-refractivity contribution in [2.24, 2.45) is 5.10 Å². The number of hydrogen-bond donors (Lipinski definition) is 0. The molecule has 1 aliphatic heterocycles. The molecule has 1 aliphatic rings. The molecule has 7 heteroatoms. The number of carbonyl (C=O) groups is 1. The van der Waals surface area contributed by atoms with Crippen molar-refractivity contribution in [3.05, 3.63) is 69.8 Å². The average Bonchev–Trinajstić information content (AvgIpc) is 2.90. The lowest BCUT2D eigenvalue weighted by Gasteiger charge is -2.11. The predicted molar refractivity (Wildman–Crippen MR) is 94.7 cm³/mol. The molecular formula is C18H15N3O4. The van der Waals surface area contributed by atoms with Crippen LogP contribution in [0.5, 0.6) is 5.75 Å². The molecule has 1 amide bonds. The fourth-order valence-corrected chi connectivity index (χ4v) is 2.47. The van der Waals surface area contributed by atoms with Gasteiger partial charge in [-0.1, -0.05) is 12.1 Å². The van der Waals surface area contributed by atoms with Crippen LogP contribution in [0.4, 0.5) is 11.4 Å². The Hall–Kier alpha value is -3.48. The number of benzene rings is 2. The van der Waals surface area contributed by atoms with Crippen molar-refractivity contribution in [1.29, 1.82) is 0 Å². The fraction of sp³-hybridized carbons (Fsp3) is 0.111. The molecule has 3 rings (SSSR count). The number of ether oxygens (including phenoxy) is 1. The Bertz CT molecular complexity index is 901. The van der Waals surface area contributed by atoms with Gasteiger partial charge in [-0.25, -0.2) is 0 Å². The SMILES string of the molecule is COc1cccc(C=C2C(=O)N(c3ccc([N+](=O)[O-])cc3)N=C2C)c1. The summed E-state index contributed by atoms with van der Waals surface area (Å²) in [4.78, 5) is 22.9. The minimum Gasteiger partial charge on any atom is -0.497 e. The van der Waals surface area contributed by atoms with Gasteiger partial charge in [-0.2, -0.15) is 10.1 Å². The first-order valence-corrected chi connectivity index (χ1v) is 7.50. The molecule has 0 aliphatic carbocycles. The molecule has 7 nitrogen and oxygen atoms in total. The van der Waals surface area contributed by atoms with E-state index in [1.165, 1.54) is 29.3 Å². The second-order valence-electron chi connectivity index (χ2n) is 5.41. The maximum Gasteiger partial charge on any atom is 0.280 e. The molecule has 0 radical (unpaired) electrons. The van der Waals surface area contributed by atoms with Crippen molar-refractivity contribution in [3.8, 4) is 5.75 Å². The molecule has 2 aromatic carbocycles. The van der Waals surface area contributed by atoms with Gasteiger partial charge in [0.1, 0.15) is 5.75 Å². The Labute approximate surface area is 144 Å². The van der Waals surface area contributed by atoms with Gasteiger partial charge in [0, 0.05) is 12.1 Å². The molecular weight excluding hydrogens is 322 g/mol. The molecule has 25 heavy (non-hydrogen) atoms. The van der Waals surface area contributed by atoms with Gasteiger partial charge < -0.3 is 4.74 Å². The Balaban J connectivity index is 1.90. The summed E-state index contributed by atoms with van der Waals surface area (Å²) >= 11 is 0. The number of nitro benzene ring substituents is 1. The summed E-state index contributed by atoms with van der Waals surface area (Å²) in [5.74, 6) is 0.413. The molecule has 0 atom stereocenters. The van der Waals surface area contributed by atoms with Crippen LogP contribution in [0.2, 0.25) is 0 Å². The smallest absolute Gasteiger partial charge is 0.280 e. The zero-order valence-corrected chi connectivity index (χ0v) is 13.7. The lowest BCUT2D eigenvalue weighted by Crippen LogP contribution is -2.21. The monoisotopic (exact) mass is 337 g/mol. The Morgan fingerprint density at radius 1 is 1.20 bits per heavy atom. The topological polar surface area (TPSA) is 85.0 Å². The average molecular weight is 337 g/mol. The normalized spacial score (nSPS) is 15.4. The van der Waals surface area contributed by atoms with E-state index in [1.807, 2.05) is 24.3 Å². The summed E-state index contributed by atoms with van der Waals surface area (Å²) in [5, 5.41) is 16.2. The van der Waals surface area contributed by atoms with E-state index in [-0.39, 0.29) is 11.6 Å². The maximum atomic E-state index is 12.7. The van der Waals surface area contributed by atoms with Gasteiger partial charge in [0.2, 0.25) is 0 Å². The second-order valence-corrected chi connectivity index (χ2v) is 5.41. The van der Waals surface area contributed by atoms with Gasteiger partial charge >= 0.3 is 0 Å². The first-order chi connectivity index (χ1) is 12.0. The third-order valence-corrected chi connectivity index (χ3v) is 3.77. The third-order valence-electron chi connectivity index (χ3n) is 3.77. The Morgan fingerprint density at radius 2 is 1.92 bits per heavy atom. The predicted octanol–water partition coefficient (Wildman–Crippen LogP) is 3.41. The van der Waals surface area contributed by atoms with Crippen LogP contribution in [-0.4, -0.2) is 23.7 Å². The number of rotatable bonds is 4. The molecule has 1 heterocycles. The number of carbonyl (C=O) groups excluding carboxylic acids is 1. The summed E-state index contributed by atoms with van der Waals surface area (Å²) in [7, 11) is 1.58. The van der Waals surface area contributed by atoms with E-state index >= 15 is 0 Å². The first-order valence-electron chi connectivity index (χ1n) is 7.50. The maximum absolute atomic E-state index is 12.7. The zero-order chi connectivity index (χ0) is 18.0. The van der Waals surface area contributed by atoms with Crippen LogP contribution in [-0.2, 0) is 4.79 Å². The van der Waals surface area contributed by atoms with E-state index in [1.54, 1.807) is 20.1 Å². The van der Waals surface area contributed by atoms with E-state index in [9.17, 15) is 14.9 Å². The van der Waals surface area contributed by atoms with Crippen molar-refractivity contribution in [1.82, 2.24) is 0 Å². The van der Waals surface area contributed by atoms with Gasteiger partial charge in [0.25, 0.3) is 11.6 Å². The molecule has 126 valence electrons. The van der Waals surface area contributed by atoms with Crippen LogP contribution in [0.3, 0.4) is 0 Å². The summed E-state index contributed by atoms with van der Waals surface area (Å²) < 4.78 is 5.18. The van der Waals surface area contributed by atoms with Gasteiger partial charge in [-0.15, -0.1) is 0 Å². The number of methoxy groups -OCH3 is 1. The van der Waals surface area contributed by atoms with Crippen LogP contribution in [0.25, 0.3) is 6.08 Å². The second kappa shape index (κ2) is 6.56. The minimum absolute atomic E-state index is 0.0387. The summed E-state index contributed by atoms with van der Waals surface area (Å²) in [6, 6.07) is 13.0. The van der Waals surface area contributed by atoms with Crippen LogP contribution in [0.15, 0.2) is 59.2 Å². The van der Waals surface area contributed by atoms with Crippen LogP contribution < -0.4 is 9.75 Å². The van der Waals surface area contributed by atoms with Crippen molar-refractivity contribution < 1.29 is 14.5 Å². The summed E-state index contributed by atoms with van der Waals surface area (Å²) in [6.07, 6.45) is 1.75. The zero-order valence-electron chi connectivity index (χ0n) is 13.7. The lowest BCUT2D eigenvalue weighted by molar-refractivity contribution is -0.384. The van der Waals surface area contributed by atoms with Crippen LogP contribution in [0, 0.1) is 10.1 Å². The van der Waals surface area contributed by atoms with Gasteiger partial charge in [-0.3, -0.25) is 14.9 Å². The molecule has 0 saturated carbocycles. The van der Waals surface area contributed by atoms with E-state index < -0.39 is 4.92 Å². The van der Waals surface area contributed by atoms with Gasteiger partial charge in [0.05, 0.1) is 29.0 Å². The number of anilines is 1. The van der Waals surface area contributed by atoms with E-state index in [0.29, 0.717) is 22.7 Å². The van der Waals surface area contributed by atoms with Gasteiger partial charge in [-0.05, 0) is 42.8 Å². The third kappa shape index (κ3) is 3.25. The highest BCUT2D eigenvalue weighted by atomic mass is 16.6. The van der Waals surface area contributed by atoms with Crippen molar-refractivity contribution >= 4 is 29.1 Å². The molecule has 0 bridgehead atoms. The summed E-state index contributed by atoms with van der Waals surface area (Å²) in [6.45, 7) is 1.75. The van der Waals surface area contributed by atoms with Crippen LogP contribution >= 0.6 is 0 Å². The van der Waals surface area contributed by atoms with Crippen molar-refractivity contribution in [3.63, 3.8) is 0 Å². The Morgan fingerprint density at radius 3 is 2.56 bits per heavy atom. The van der Waals surface area contributed by atoms with E-state index in [4.69, 9.17) is 4.74 Å². The van der Waals surface area contributed by atoms with Crippen molar-refractivity contribution in [2.75, 3.05) is 12.1 Å². The highest BCUT2D eigenvalue weighted by molar-refractivity contribution is 6.32. The standard InChI is InChI=1S/C18H15N3O4/c1-12-17(11-13-4-3-5-16(10-13)25-2)18(22)20(19-12)14-6-8-15(9-7-14)21(23)24/h3-11H,1-2H3. The molecule has 0 aromatic heterocycles. The molecule has 2 aromatic rings. The number of hydrazone groups is 1. The quantitative estimate of drug-likeness (QED) is 0.486.